The number of ether oxygens (including phenoxy) is 1. The van der Waals surface area contributed by atoms with Crippen molar-refractivity contribution in [2.75, 3.05) is 11.9 Å². The Hall–Kier alpha value is -2.56. The number of amidine groups is 1. The van der Waals surface area contributed by atoms with Gasteiger partial charge in [-0.3, -0.25) is 0 Å². The molecule has 0 bridgehead atoms. The van der Waals surface area contributed by atoms with Crippen LogP contribution in [0.3, 0.4) is 0 Å². The summed E-state index contributed by atoms with van der Waals surface area (Å²) in [4.78, 5) is 15.0. The van der Waals surface area contributed by atoms with Crippen molar-refractivity contribution < 1.29 is 9.53 Å². The standard InChI is InChI=1S/C13H11N3O2/c14-13(17)18-7-11-15-9-5-1-3-8-4-2-6-10(16-11)12(8)9/h1-6H,7H2,(H2,14,17)(H,15,16). The first kappa shape index (κ1) is 10.6. The van der Waals surface area contributed by atoms with Crippen molar-refractivity contribution >= 4 is 34.1 Å². The third-order valence-electron chi connectivity index (χ3n) is 2.77. The number of anilines is 1. The van der Waals surface area contributed by atoms with E-state index in [1.54, 1.807) is 0 Å². The minimum Gasteiger partial charge on any atom is -0.442 e. The van der Waals surface area contributed by atoms with Crippen molar-refractivity contribution in [2.45, 2.75) is 0 Å². The molecule has 5 nitrogen and oxygen atoms in total. The van der Waals surface area contributed by atoms with Gasteiger partial charge in [-0.05, 0) is 17.5 Å². The highest BCUT2D eigenvalue weighted by Crippen LogP contribution is 2.35. The first-order valence-corrected chi connectivity index (χ1v) is 5.52. The highest BCUT2D eigenvalue weighted by atomic mass is 16.5. The van der Waals surface area contributed by atoms with E-state index < -0.39 is 6.09 Å². The van der Waals surface area contributed by atoms with Crippen LogP contribution in [0, 0.1) is 0 Å². The smallest absolute Gasteiger partial charge is 0.404 e. The summed E-state index contributed by atoms with van der Waals surface area (Å²) >= 11 is 0. The molecule has 0 saturated heterocycles. The topological polar surface area (TPSA) is 76.7 Å². The van der Waals surface area contributed by atoms with Gasteiger partial charge in [-0.25, -0.2) is 9.79 Å². The fourth-order valence-corrected chi connectivity index (χ4v) is 2.06. The Bertz CT molecular complexity index is 659. The highest BCUT2D eigenvalue weighted by Gasteiger charge is 2.14. The van der Waals surface area contributed by atoms with Crippen molar-refractivity contribution in [3.05, 3.63) is 36.4 Å². The molecule has 3 rings (SSSR count). The van der Waals surface area contributed by atoms with E-state index in [0.717, 1.165) is 22.1 Å². The van der Waals surface area contributed by atoms with Gasteiger partial charge in [0.05, 0.1) is 5.69 Å². The predicted molar refractivity (Wildman–Crippen MR) is 70.2 cm³/mol. The molecule has 0 spiro atoms. The maximum absolute atomic E-state index is 10.6. The lowest BCUT2D eigenvalue weighted by Crippen LogP contribution is -2.25. The number of nitrogens with one attached hydrogen (secondary N) is 1. The van der Waals surface area contributed by atoms with Crippen molar-refractivity contribution in [2.24, 2.45) is 10.7 Å². The summed E-state index contributed by atoms with van der Waals surface area (Å²) in [6.45, 7) is 0.0417. The van der Waals surface area contributed by atoms with Crippen LogP contribution < -0.4 is 11.1 Å². The van der Waals surface area contributed by atoms with Crippen molar-refractivity contribution in [1.29, 1.82) is 0 Å². The summed E-state index contributed by atoms with van der Waals surface area (Å²) < 4.78 is 4.74. The van der Waals surface area contributed by atoms with Crippen LogP contribution in [-0.4, -0.2) is 18.5 Å². The lowest BCUT2D eigenvalue weighted by Gasteiger charge is -2.18. The SMILES string of the molecule is NC(=O)OCC1=Nc2cccc3cccc(c23)N1. The molecule has 1 heterocycles. The molecule has 2 aromatic rings. The third-order valence-corrected chi connectivity index (χ3v) is 2.77. The van der Waals surface area contributed by atoms with Crippen LogP contribution in [0.2, 0.25) is 0 Å². The number of nitrogens with two attached hydrogens (primary N) is 1. The molecule has 1 aliphatic heterocycles. The van der Waals surface area contributed by atoms with Gasteiger partial charge in [-0.1, -0.05) is 24.3 Å². The van der Waals surface area contributed by atoms with Crippen molar-refractivity contribution in [3.8, 4) is 0 Å². The van der Waals surface area contributed by atoms with Crippen LogP contribution in [0.1, 0.15) is 0 Å². The number of carbonyl (C=O) groups excluding carboxylic acids is 1. The number of hydrogen-bond acceptors (Lipinski definition) is 4. The van der Waals surface area contributed by atoms with Crippen LogP contribution in [0.5, 0.6) is 0 Å². The van der Waals surface area contributed by atoms with E-state index in [9.17, 15) is 4.79 Å². The number of nitrogens with zero attached hydrogens (tertiary/aromatic N) is 1. The van der Waals surface area contributed by atoms with E-state index in [1.165, 1.54) is 0 Å². The summed E-state index contributed by atoms with van der Waals surface area (Å²) in [6.07, 6.45) is -0.809. The van der Waals surface area contributed by atoms with Crippen molar-refractivity contribution in [1.82, 2.24) is 0 Å². The second kappa shape index (κ2) is 4.03. The van der Waals surface area contributed by atoms with Crippen LogP contribution in [0.25, 0.3) is 10.8 Å². The first-order valence-electron chi connectivity index (χ1n) is 5.52. The fourth-order valence-electron chi connectivity index (χ4n) is 2.06. The van der Waals surface area contributed by atoms with Gasteiger partial charge in [0, 0.05) is 11.1 Å². The molecule has 0 unspecified atom stereocenters. The predicted octanol–water partition coefficient (Wildman–Crippen LogP) is 2.39. The maximum Gasteiger partial charge on any atom is 0.404 e. The minimum atomic E-state index is -0.809. The van der Waals surface area contributed by atoms with E-state index >= 15 is 0 Å². The zero-order valence-corrected chi connectivity index (χ0v) is 9.51. The molecule has 0 saturated carbocycles. The highest BCUT2D eigenvalue weighted by molar-refractivity contribution is 6.14. The normalized spacial score (nSPS) is 12.8. The van der Waals surface area contributed by atoms with E-state index in [-0.39, 0.29) is 6.61 Å². The summed E-state index contributed by atoms with van der Waals surface area (Å²) in [7, 11) is 0. The quantitative estimate of drug-likeness (QED) is 0.847. The van der Waals surface area contributed by atoms with Gasteiger partial charge in [0.15, 0.2) is 6.61 Å². The zero-order chi connectivity index (χ0) is 12.5. The largest absolute Gasteiger partial charge is 0.442 e. The van der Waals surface area contributed by atoms with Crippen LogP contribution in [0.15, 0.2) is 41.4 Å². The number of amides is 1. The van der Waals surface area contributed by atoms with E-state index in [2.05, 4.69) is 10.3 Å². The summed E-state index contributed by atoms with van der Waals surface area (Å²) in [5.41, 5.74) is 6.76. The average Bonchev–Trinajstić information content (AvgIpc) is 2.37. The molecule has 18 heavy (non-hydrogen) atoms. The molecular weight excluding hydrogens is 230 g/mol. The monoisotopic (exact) mass is 241 g/mol. The second-order valence-electron chi connectivity index (χ2n) is 3.97. The first-order chi connectivity index (χ1) is 8.74. The van der Waals surface area contributed by atoms with Gasteiger partial charge in [0.25, 0.3) is 0 Å². The van der Waals surface area contributed by atoms with Crippen LogP contribution >= 0.6 is 0 Å². The molecular formula is C13H11N3O2. The number of carbonyl (C=O) groups is 1. The van der Waals surface area contributed by atoms with Crippen molar-refractivity contribution in [3.63, 3.8) is 0 Å². The van der Waals surface area contributed by atoms with E-state index in [0.29, 0.717) is 5.84 Å². The summed E-state index contributed by atoms with van der Waals surface area (Å²) in [5.74, 6) is 0.569. The molecule has 1 amide bonds. The summed E-state index contributed by atoms with van der Waals surface area (Å²) in [6, 6.07) is 11.9. The van der Waals surface area contributed by atoms with Crippen LogP contribution in [0.4, 0.5) is 16.2 Å². The number of hydrogen-bond donors (Lipinski definition) is 2. The lowest BCUT2D eigenvalue weighted by atomic mass is 10.1. The molecule has 0 fully saturated rings. The van der Waals surface area contributed by atoms with Gasteiger partial charge in [0.2, 0.25) is 0 Å². The second-order valence-corrected chi connectivity index (χ2v) is 3.97. The Morgan fingerprint density at radius 1 is 1.28 bits per heavy atom. The van der Waals surface area contributed by atoms with Gasteiger partial charge < -0.3 is 15.8 Å². The Morgan fingerprint density at radius 3 is 2.83 bits per heavy atom. The fraction of sp³-hybridized carbons (Fsp3) is 0.0769. The number of aliphatic imine (C=N–C) groups is 1. The summed E-state index contributed by atoms with van der Waals surface area (Å²) in [5, 5.41) is 5.33. The molecule has 5 heteroatoms. The molecule has 2 aromatic carbocycles. The van der Waals surface area contributed by atoms with Crippen LogP contribution in [-0.2, 0) is 4.74 Å². The van der Waals surface area contributed by atoms with Gasteiger partial charge in [-0.15, -0.1) is 0 Å². The molecule has 3 N–H and O–H groups in total. The number of primary amides is 1. The van der Waals surface area contributed by atoms with Gasteiger partial charge in [-0.2, -0.15) is 0 Å². The van der Waals surface area contributed by atoms with E-state index in [1.807, 2.05) is 36.4 Å². The third kappa shape index (κ3) is 1.75. The molecule has 0 radical (unpaired) electrons. The average molecular weight is 241 g/mol. The zero-order valence-electron chi connectivity index (χ0n) is 9.51. The molecule has 0 aromatic heterocycles. The lowest BCUT2D eigenvalue weighted by molar-refractivity contribution is 0.173. The number of rotatable bonds is 2. The maximum atomic E-state index is 10.6. The van der Waals surface area contributed by atoms with Gasteiger partial charge in [0.1, 0.15) is 5.84 Å². The Balaban J connectivity index is 2.03. The molecule has 0 aliphatic carbocycles. The minimum absolute atomic E-state index is 0.0417. The molecule has 1 aliphatic rings. The van der Waals surface area contributed by atoms with Gasteiger partial charge >= 0.3 is 6.09 Å². The number of benzene rings is 2. The Kier molecular flexibility index (Phi) is 2.37. The molecule has 90 valence electrons. The van der Waals surface area contributed by atoms with E-state index in [4.69, 9.17) is 10.5 Å². The Morgan fingerprint density at radius 2 is 2.06 bits per heavy atom. The Labute approximate surface area is 103 Å². The molecule has 0 atom stereocenters.